The van der Waals surface area contributed by atoms with E-state index >= 15 is 0 Å². The molecule has 0 saturated heterocycles. The van der Waals surface area contributed by atoms with Gasteiger partial charge in [-0.1, -0.05) is 91.0 Å². The average molecular weight is 501 g/mol. The van der Waals surface area contributed by atoms with Gasteiger partial charge in [0.25, 0.3) is 0 Å². The Morgan fingerprint density at radius 2 is 1.34 bits per heavy atom. The third-order valence-electron chi connectivity index (χ3n) is 6.05. The van der Waals surface area contributed by atoms with Gasteiger partial charge in [-0.15, -0.1) is 11.3 Å². The third-order valence-corrected chi connectivity index (χ3v) is 8.05. The highest BCUT2D eigenvalue weighted by molar-refractivity contribution is 9.10. The van der Waals surface area contributed by atoms with E-state index in [-0.39, 0.29) is 0 Å². The Kier molecular flexibility index (Phi) is 5.53. The molecule has 158 valence electrons. The van der Waals surface area contributed by atoms with Crippen molar-refractivity contribution in [1.82, 2.24) is 4.90 Å². The Balaban J connectivity index is 1.76. The summed E-state index contributed by atoms with van der Waals surface area (Å²) in [6, 6.07) is 33.3. The van der Waals surface area contributed by atoms with Crippen LogP contribution >= 0.6 is 27.3 Å². The Morgan fingerprint density at radius 3 is 1.75 bits per heavy atom. The van der Waals surface area contributed by atoms with Crippen molar-refractivity contribution < 1.29 is 4.79 Å². The van der Waals surface area contributed by atoms with Crippen molar-refractivity contribution in [3.05, 3.63) is 128 Å². The highest BCUT2D eigenvalue weighted by Gasteiger charge is 2.49. The lowest BCUT2D eigenvalue weighted by atomic mass is 9.75. The van der Waals surface area contributed by atoms with Gasteiger partial charge in [0.1, 0.15) is 5.54 Å². The van der Waals surface area contributed by atoms with Crippen molar-refractivity contribution in [1.29, 1.82) is 0 Å². The van der Waals surface area contributed by atoms with Gasteiger partial charge in [-0.3, -0.25) is 4.99 Å². The summed E-state index contributed by atoms with van der Waals surface area (Å²) in [5.74, 6) is 0. The maximum Gasteiger partial charge on any atom is 0.170 e. The second-order valence-electron chi connectivity index (χ2n) is 7.82. The lowest BCUT2D eigenvalue weighted by molar-refractivity contribution is -0.112. The van der Waals surface area contributed by atoms with Crippen molar-refractivity contribution in [3.63, 3.8) is 0 Å². The van der Waals surface area contributed by atoms with Gasteiger partial charge in [0, 0.05) is 4.47 Å². The summed E-state index contributed by atoms with van der Waals surface area (Å²) in [6.45, 7) is 0.439. The SMILES string of the molecule is O=CC1(c2sccc2Br)CN(C(c2ccccc2)(c2ccccc2)c2ccccc2)C=N1. The van der Waals surface area contributed by atoms with Crippen molar-refractivity contribution in [2.24, 2.45) is 4.99 Å². The number of hydrogen-bond donors (Lipinski definition) is 0. The van der Waals surface area contributed by atoms with E-state index in [1.165, 1.54) is 0 Å². The molecule has 1 unspecified atom stereocenters. The molecule has 0 fully saturated rings. The van der Waals surface area contributed by atoms with Gasteiger partial charge in [0.05, 0.1) is 17.8 Å². The lowest BCUT2D eigenvalue weighted by Crippen LogP contribution is -2.49. The number of hydrogen-bond acceptors (Lipinski definition) is 4. The molecule has 0 aliphatic carbocycles. The minimum absolute atomic E-state index is 0.439. The van der Waals surface area contributed by atoms with Crippen LogP contribution in [0, 0.1) is 0 Å². The van der Waals surface area contributed by atoms with Gasteiger partial charge >= 0.3 is 0 Å². The number of benzene rings is 3. The van der Waals surface area contributed by atoms with Crippen LogP contribution in [0.15, 0.2) is 112 Å². The Labute approximate surface area is 200 Å². The van der Waals surface area contributed by atoms with Crippen LogP contribution in [0.5, 0.6) is 0 Å². The smallest absolute Gasteiger partial charge is 0.170 e. The van der Waals surface area contributed by atoms with Crippen LogP contribution < -0.4 is 0 Å². The molecule has 3 aromatic carbocycles. The number of rotatable bonds is 6. The van der Waals surface area contributed by atoms with Crippen LogP contribution in [0.2, 0.25) is 0 Å². The summed E-state index contributed by atoms with van der Waals surface area (Å²) in [7, 11) is 0. The Morgan fingerprint density at radius 1 is 0.844 bits per heavy atom. The maximum absolute atomic E-state index is 12.5. The molecule has 0 saturated carbocycles. The first-order valence-corrected chi connectivity index (χ1v) is 12.1. The number of carbonyl (C=O) groups is 1. The topological polar surface area (TPSA) is 32.7 Å². The molecule has 32 heavy (non-hydrogen) atoms. The first kappa shape index (κ1) is 20.9. The molecule has 4 aromatic rings. The number of halogens is 1. The standard InChI is InChI=1S/C27H21BrN2OS/c28-24-16-17-32-25(24)26(19-31)18-30(20-29-26)27(21-10-4-1-5-11-21,22-12-6-2-7-13-22)23-14-8-3-9-15-23/h1-17,19-20H,18H2. The van der Waals surface area contributed by atoms with E-state index in [1.54, 1.807) is 11.3 Å². The molecule has 0 N–H and O–H groups in total. The average Bonchev–Trinajstić information content (AvgIpc) is 3.49. The summed E-state index contributed by atoms with van der Waals surface area (Å²) in [4.78, 5) is 20.5. The Bertz CT molecular complexity index is 1140. The number of aliphatic imine (C=N–C) groups is 1. The minimum Gasteiger partial charge on any atom is -0.342 e. The van der Waals surface area contributed by atoms with E-state index in [2.05, 4.69) is 93.6 Å². The van der Waals surface area contributed by atoms with E-state index in [0.29, 0.717) is 6.54 Å². The van der Waals surface area contributed by atoms with Crippen LogP contribution in [-0.4, -0.2) is 24.1 Å². The van der Waals surface area contributed by atoms with E-state index in [9.17, 15) is 4.79 Å². The van der Waals surface area contributed by atoms with Gasteiger partial charge in [-0.2, -0.15) is 0 Å². The van der Waals surface area contributed by atoms with Crippen LogP contribution in [0.25, 0.3) is 0 Å². The third kappa shape index (κ3) is 3.24. The quantitative estimate of drug-likeness (QED) is 0.232. The number of nitrogens with zero attached hydrogens (tertiary/aromatic N) is 2. The van der Waals surface area contributed by atoms with Crippen molar-refractivity contribution in [2.75, 3.05) is 6.54 Å². The maximum atomic E-state index is 12.5. The molecular formula is C27H21BrN2OS. The lowest BCUT2D eigenvalue weighted by Gasteiger charge is -2.44. The fourth-order valence-electron chi connectivity index (χ4n) is 4.61. The zero-order chi connectivity index (χ0) is 22.0. The second kappa shape index (κ2) is 8.49. The summed E-state index contributed by atoms with van der Waals surface area (Å²) in [6.07, 6.45) is 2.83. The van der Waals surface area contributed by atoms with E-state index in [0.717, 1.165) is 32.3 Å². The summed E-state index contributed by atoms with van der Waals surface area (Å²) in [5, 5.41) is 1.99. The molecule has 1 aromatic heterocycles. The zero-order valence-electron chi connectivity index (χ0n) is 17.3. The largest absolute Gasteiger partial charge is 0.342 e. The molecule has 0 bridgehead atoms. The molecule has 0 amide bonds. The van der Waals surface area contributed by atoms with Gasteiger partial charge in [0.2, 0.25) is 0 Å². The number of carbonyl (C=O) groups excluding carboxylic acids is 1. The molecule has 0 radical (unpaired) electrons. The molecule has 1 atom stereocenters. The van der Waals surface area contributed by atoms with E-state index in [1.807, 2.05) is 36.0 Å². The minimum atomic E-state index is -0.948. The molecule has 5 heteroatoms. The number of thiophene rings is 1. The highest BCUT2D eigenvalue weighted by atomic mass is 79.9. The van der Waals surface area contributed by atoms with Gasteiger partial charge in [-0.05, 0) is 44.1 Å². The van der Waals surface area contributed by atoms with Crippen molar-refractivity contribution >= 4 is 39.9 Å². The van der Waals surface area contributed by atoms with E-state index < -0.39 is 11.1 Å². The first-order chi connectivity index (χ1) is 15.7. The van der Waals surface area contributed by atoms with Gasteiger partial charge < -0.3 is 9.69 Å². The van der Waals surface area contributed by atoms with Gasteiger partial charge in [0.15, 0.2) is 11.8 Å². The van der Waals surface area contributed by atoms with Crippen LogP contribution in [0.4, 0.5) is 0 Å². The fourth-order valence-corrected chi connectivity index (χ4v) is 6.43. The van der Waals surface area contributed by atoms with Crippen LogP contribution in [-0.2, 0) is 15.9 Å². The fraction of sp³-hybridized carbons (Fsp3) is 0.111. The molecule has 5 rings (SSSR count). The summed E-state index contributed by atoms with van der Waals surface area (Å²) < 4.78 is 0.915. The number of aldehydes is 1. The predicted octanol–water partition coefficient (Wildman–Crippen LogP) is 6.24. The van der Waals surface area contributed by atoms with Crippen LogP contribution in [0.3, 0.4) is 0 Å². The Hall–Kier alpha value is -3.02. The van der Waals surface area contributed by atoms with Crippen LogP contribution in [0.1, 0.15) is 21.6 Å². The monoisotopic (exact) mass is 500 g/mol. The predicted molar refractivity (Wildman–Crippen MR) is 134 cm³/mol. The van der Waals surface area contributed by atoms with E-state index in [4.69, 9.17) is 4.99 Å². The first-order valence-electron chi connectivity index (χ1n) is 10.4. The van der Waals surface area contributed by atoms with Crippen molar-refractivity contribution in [3.8, 4) is 0 Å². The van der Waals surface area contributed by atoms with Crippen molar-refractivity contribution in [2.45, 2.75) is 11.1 Å². The molecule has 3 nitrogen and oxygen atoms in total. The highest BCUT2D eigenvalue weighted by Crippen LogP contribution is 2.46. The zero-order valence-corrected chi connectivity index (χ0v) is 19.7. The molecule has 1 aliphatic rings. The van der Waals surface area contributed by atoms with Gasteiger partial charge in [-0.25, -0.2) is 0 Å². The summed E-state index contributed by atoms with van der Waals surface area (Å²) in [5.41, 5.74) is 1.78. The normalized spacial score (nSPS) is 18.1. The molecule has 1 aliphatic heterocycles. The molecular weight excluding hydrogens is 480 g/mol. The molecule has 0 spiro atoms. The second-order valence-corrected chi connectivity index (χ2v) is 9.59. The molecule has 2 heterocycles. The summed E-state index contributed by atoms with van der Waals surface area (Å²) >= 11 is 5.17.